The highest BCUT2D eigenvalue weighted by Gasteiger charge is 2.46. The summed E-state index contributed by atoms with van der Waals surface area (Å²) in [5.74, 6) is -0.489. The first kappa shape index (κ1) is 19.5. The van der Waals surface area contributed by atoms with Crippen molar-refractivity contribution in [3.8, 4) is 0 Å². The van der Waals surface area contributed by atoms with Crippen LogP contribution < -0.4 is 0 Å². The molecule has 5 nitrogen and oxygen atoms in total. The third-order valence-electron chi connectivity index (χ3n) is 5.08. The van der Waals surface area contributed by atoms with E-state index < -0.39 is 12.0 Å². The highest BCUT2D eigenvalue weighted by atomic mass is 32.2. The van der Waals surface area contributed by atoms with Crippen molar-refractivity contribution in [3.05, 3.63) is 82.6 Å². The molecule has 29 heavy (non-hydrogen) atoms. The molecule has 2 aliphatic heterocycles. The van der Waals surface area contributed by atoms with Crippen LogP contribution in [0.5, 0.6) is 0 Å². The molecule has 0 unspecified atom stereocenters. The third-order valence-corrected chi connectivity index (χ3v) is 6.14. The summed E-state index contributed by atoms with van der Waals surface area (Å²) in [6, 6.07) is 16.9. The fraction of sp³-hybridized carbons (Fsp3) is 0.261. The number of carbonyl (C=O) groups is 2. The molecule has 0 saturated carbocycles. The van der Waals surface area contributed by atoms with Gasteiger partial charge in [0.15, 0.2) is 5.17 Å². The molecular formula is C23H22N2O3S. The predicted molar refractivity (Wildman–Crippen MR) is 114 cm³/mol. The number of allylic oxidation sites excluding steroid dienone is 1. The number of ether oxygens (including phenoxy) is 1. The van der Waals surface area contributed by atoms with Crippen molar-refractivity contribution in [2.75, 3.05) is 0 Å². The van der Waals surface area contributed by atoms with Crippen LogP contribution in [0.15, 0.2) is 70.9 Å². The number of amides is 1. The molecule has 2 aliphatic rings. The van der Waals surface area contributed by atoms with Gasteiger partial charge >= 0.3 is 5.97 Å². The molecule has 1 saturated heterocycles. The van der Waals surface area contributed by atoms with E-state index in [0.29, 0.717) is 16.4 Å². The Morgan fingerprint density at radius 1 is 1.10 bits per heavy atom. The van der Waals surface area contributed by atoms with Crippen LogP contribution in [-0.4, -0.2) is 27.2 Å². The summed E-state index contributed by atoms with van der Waals surface area (Å²) in [7, 11) is 0. The normalized spacial score (nSPS) is 21.1. The lowest BCUT2D eigenvalue weighted by atomic mass is 9.93. The summed E-state index contributed by atoms with van der Waals surface area (Å²) in [6.45, 7) is 5.85. The number of benzene rings is 2. The maximum atomic E-state index is 13.1. The van der Waals surface area contributed by atoms with Crippen LogP contribution in [0.2, 0.25) is 0 Å². The van der Waals surface area contributed by atoms with Gasteiger partial charge in [0, 0.05) is 0 Å². The number of fused-ring (bicyclic) bond motifs is 1. The summed E-state index contributed by atoms with van der Waals surface area (Å²) in [4.78, 5) is 32.2. The van der Waals surface area contributed by atoms with Gasteiger partial charge in [0.25, 0.3) is 0 Å². The van der Waals surface area contributed by atoms with E-state index in [2.05, 4.69) is 4.99 Å². The Balaban J connectivity index is 1.71. The molecule has 2 aromatic carbocycles. The van der Waals surface area contributed by atoms with E-state index in [9.17, 15) is 9.59 Å². The predicted octanol–water partition coefficient (Wildman–Crippen LogP) is 4.39. The van der Waals surface area contributed by atoms with E-state index in [1.807, 2.05) is 68.4 Å². The molecule has 6 heteroatoms. The van der Waals surface area contributed by atoms with E-state index in [1.54, 1.807) is 11.8 Å². The topological polar surface area (TPSA) is 59.0 Å². The van der Waals surface area contributed by atoms with Crippen LogP contribution in [0.3, 0.4) is 0 Å². The maximum Gasteiger partial charge on any atom is 0.338 e. The lowest BCUT2D eigenvalue weighted by molar-refractivity contribution is -0.141. The number of hydrogen-bond donors (Lipinski definition) is 0. The van der Waals surface area contributed by atoms with Crippen LogP contribution in [-0.2, 0) is 20.9 Å². The van der Waals surface area contributed by atoms with Crippen molar-refractivity contribution in [2.45, 2.75) is 38.7 Å². The second-order valence-corrected chi connectivity index (χ2v) is 8.54. The molecule has 2 heterocycles. The van der Waals surface area contributed by atoms with E-state index in [4.69, 9.17) is 4.74 Å². The van der Waals surface area contributed by atoms with Gasteiger partial charge in [-0.2, -0.15) is 0 Å². The Labute approximate surface area is 174 Å². The van der Waals surface area contributed by atoms with Gasteiger partial charge in [-0.05, 0) is 31.9 Å². The average molecular weight is 407 g/mol. The number of rotatable bonds is 4. The molecule has 0 bridgehead atoms. The second-order valence-electron chi connectivity index (χ2n) is 7.24. The monoisotopic (exact) mass is 406 g/mol. The first-order chi connectivity index (χ1) is 14.0. The maximum absolute atomic E-state index is 13.1. The lowest BCUT2D eigenvalue weighted by Crippen LogP contribution is -2.40. The van der Waals surface area contributed by atoms with Crippen molar-refractivity contribution >= 4 is 28.8 Å². The van der Waals surface area contributed by atoms with Crippen molar-refractivity contribution in [1.82, 2.24) is 4.90 Å². The molecule has 0 spiro atoms. The van der Waals surface area contributed by atoms with E-state index >= 15 is 0 Å². The second kappa shape index (κ2) is 7.87. The van der Waals surface area contributed by atoms with Gasteiger partial charge < -0.3 is 4.74 Å². The SMILES string of the molecule is CC1=C(C(=O)OCc2ccccc2)[C@@H](c2ccc(C)cc2)N2C(=O)[C@H](C)SC2=N1. The molecule has 0 N–H and O–H groups in total. The standard InChI is InChI=1S/C23H22N2O3S/c1-14-9-11-18(12-10-14)20-19(22(27)28-13-17-7-5-4-6-8-17)15(2)24-23-25(20)21(26)16(3)29-23/h4-12,16,20H,13H2,1-3H3/t16-,20+/m0/s1. The largest absolute Gasteiger partial charge is 0.457 e. The minimum Gasteiger partial charge on any atom is -0.457 e. The molecule has 0 aromatic heterocycles. The van der Waals surface area contributed by atoms with Gasteiger partial charge in [0.05, 0.1) is 22.6 Å². The van der Waals surface area contributed by atoms with E-state index in [1.165, 1.54) is 11.8 Å². The minimum atomic E-state index is -0.531. The van der Waals surface area contributed by atoms with Crippen LogP contribution >= 0.6 is 11.8 Å². The molecule has 4 rings (SSSR count). The zero-order chi connectivity index (χ0) is 20.5. The number of thioether (sulfide) groups is 1. The third kappa shape index (κ3) is 3.72. The van der Waals surface area contributed by atoms with Gasteiger partial charge in [-0.25, -0.2) is 9.79 Å². The van der Waals surface area contributed by atoms with Crippen molar-refractivity contribution < 1.29 is 14.3 Å². The number of esters is 1. The van der Waals surface area contributed by atoms with Crippen LogP contribution in [0, 0.1) is 6.92 Å². The van der Waals surface area contributed by atoms with Crippen LogP contribution in [0.4, 0.5) is 0 Å². The van der Waals surface area contributed by atoms with Gasteiger partial charge in [-0.3, -0.25) is 9.69 Å². The van der Waals surface area contributed by atoms with Gasteiger partial charge in [-0.15, -0.1) is 0 Å². The number of hydrogen-bond acceptors (Lipinski definition) is 5. The number of carbonyl (C=O) groups excluding carboxylic acids is 2. The summed E-state index contributed by atoms with van der Waals surface area (Å²) < 4.78 is 5.61. The Hall–Kier alpha value is -2.86. The molecule has 2 atom stereocenters. The number of amidine groups is 1. The number of nitrogens with zero attached hydrogens (tertiary/aromatic N) is 2. The Morgan fingerprint density at radius 3 is 2.48 bits per heavy atom. The fourth-order valence-electron chi connectivity index (χ4n) is 3.53. The quantitative estimate of drug-likeness (QED) is 0.707. The molecule has 0 radical (unpaired) electrons. The first-order valence-corrected chi connectivity index (χ1v) is 10.4. The average Bonchev–Trinajstić information content (AvgIpc) is 3.00. The highest BCUT2D eigenvalue weighted by molar-refractivity contribution is 8.15. The van der Waals surface area contributed by atoms with Crippen molar-refractivity contribution in [3.63, 3.8) is 0 Å². The van der Waals surface area contributed by atoms with Gasteiger partial charge in [0.1, 0.15) is 6.61 Å². The number of aryl methyl sites for hydroxylation is 1. The number of aliphatic imine (C=N–C) groups is 1. The molecule has 2 aromatic rings. The Kier molecular flexibility index (Phi) is 5.28. The zero-order valence-corrected chi connectivity index (χ0v) is 17.4. The Bertz CT molecular complexity index is 1010. The smallest absolute Gasteiger partial charge is 0.338 e. The van der Waals surface area contributed by atoms with Crippen molar-refractivity contribution in [1.29, 1.82) is 0 Å². The van der Waals surface area contributed by atoms with Crippen LogP contribution in [0.1, 0.15) is 36.6 Å². The molecular weight excluding hydrogens is 384 g/mol. The van der Waals surface area contributed by atoms with Crippen molar-refractivity contribution in [2.24, 2.45) is 4.99 Å². The Morgan fingerprint density at radius 2 is 1.79 bits per heavy atom. The lowest BCUT2D eigenvalue weighted by Gasteiger charge is -2.33. The highest BCUT2D eigenvalue weighted by Crippen LogP contribution is 2.43. The summed E-state index contributed by atoms with van der Waals surface area (Å²) in [5.41, 5.74) is 3.90. The zero-order valence-electron chi connectivity index (χ0n) is 16.6. The summed E-state index contributed by atoms with van der Waals surface area (Å²) >= 11 is 1.43. The van der Waals surface area contributed by atoms with E-state index in [0.717, 1.165) is 16.7 Å². The summed E-state index contributed by atoms with van der Waals surface area (Å²) in [6.07, 6.45) is 0. The minimum absolute atomic E-state index is 0.0415. The van der Waals surface area contributed by atoms with E-state index in [-0.39, 0.29) is 17.8 Å². The van der Waals surface area contributed by atoms with Gasteiger partial charge in [-0.1, -0.05) is 71.9 Å². The van der Waals surface area contributed by atoms with Crippen LogP contribution in [0.25, 0.3) is 0 Å². The molecule has 1 fully saturated rings. The van der Waals surface area contributed by atoms with Gasteiger partial charge in [0.2, 0.25) is 5.91 Å². The molecule has 0 aliphatic carbocycles. The summed E-state index contributed by atoms with van der Waals surface area (Å²) in [5, 5.41) is 0.416. The molecule has 148 valence electrons. The fourth-order valence-corrected chi connectivity index (χ4v) is 4.56. The first-order valence-electron chi connectivity index (χ1n) is 9.52. The molecule has 1 amide bonds.